The van der Waals surface area contributed by atoms with Gasteiger partial charge in [0.1, 0.15) is 0 Å². The van der Waals surface area contributed by atoms with Gasteiger partial charge in [-0.15, -0.1) is 0 Å². The van der Waals surface area contributed by atoms with E-state index in [9.17, 15) is 0 Å². The fourth-order valence-corrected chi connectivity index (χ4v) is 2.66. The van der Waals surface area contributed by atoms with Gasteiger partial charge >= 0.3 is 0 Å². The van der Waals surface area contributed by atoms with E-state index < -0.39 is 0 Å². The highest BCUT2D eigenvalue weighted by Crippen LogP contribution is 2.21. The Balaban J connectivity index is 0.00000211. The van der Waals surface area contributed by atoms with E-state index in [1.54, 1.807) is 0 Å². The Kier molecular flexibility index (Phi) is 11.5. The number of aryl methyl sites for hydroxylation is 1. The van der Waals surface area contributed by atoms with Crippen molar-refractivity contribution in [2.45, 2.75) is 79.6 Å². The summed E-state index contributed by atoms with van der Waals surface area (Å²) < 4.78 is 0. The Hall–Kier alpha value is -1.30. The lowest BCUT2D eigenvalue weighted by Gasteiger charge is -2.14. The van der Waals surface area contributed by atoms with E-state index in [0.29, 0.717) is 0 Å². The van der Waals surface area contributed by atoms with Crippen molar-refractivity contribution in [2.24, 2.45) is 0 Å². The van der Waals surface area contributed by atoms with Gasteiger partial charge in [-0.3, -0.25) is 0 Å². The molecule has 0 N–H and O–H groups in total. The average Bonchev–Trinajstić information content (AvgIpc) is 2.51. The maximum Gasteiger partial charge on any atom is -0.00669 e. The molecule has 0 bridgehead atoms. The van der Waals surface area contributed by atoms with Crippen LogP contribution in [0.15, 0.2) is 42.5 Å². The topological polar surface area (TPSA) is 0 Å². The molecule has 0 aromatic heterocycles. The highest BCUT2D eigenvalue weighted by atomic mass is 14.1. The zero-order chi connectivity index (χ0) is 17.0. The van der Waals surface area contributed by atoms with Crippen molar-refractivity contribution in [3.05, 3.63) is 59.2 Å². The maximum atomic E-state index is 4.23. The summed E-state index contributed by atoms with van der Waals surface area (Å²) in [6.07, 6.45) is 7.77. The van der Waals surface area contributed by atoms with E-state index in [1.807, 2.05) is 13.8 Å². The molecule has 1 aromatic carbocycles. The Bertz CT molecular complexity index is 451. The predicted octanol–water partition coefficient (Wildman–Crippen LogP) is 7.07. The van der Waals surface area contributed by atoms with E-state index in [2.05, 4.69) is 52.1 Å². The van der Waals surface area contributed by atoms with Crippen LogP contribution in [0, 0.1) is 0 Å². The van der Waals surface area contributed by atoms with Gasteiger partial charge in [-0.05, 0) is 48.8 Å². The molecule has 0 atom stereocenters. The van der Waals surface area contributed by atoms with Gasteiger partial charge in [-0.25, -0.2) is 0 Å². The molecule has 0 unspecified atom stereocenters. The van der Waals surface area contributed by atoms with Crippen molar-refractivity contribution in [3.8, 4) is 0 Å². The molecule has 0 fully saturated rings. The molecule has 0 amide bonds. The summed E-state index contributed by atoms with van der Waals surface area (Å²) in [6, 6.07) is 6.93. The summed E-state index contributed by atoms with van der Waals surface area (Å²) in [5.74, 6) is 0. The van der Waals surface area contributed by atoms with Gasteiger partial charge in [-0.1, -0.05) is 90.0 Å². The van der Waals surface area contributed by atoms with Crippen molar-refractivity contribution < 1.29 is 0 Å². The number of allylic oxidation sites excluding steroid dienone is 2. The number of benzene rings is 1. The molecular weight excluding hydrogens is 264 g/mol. The lowest BCUT2D eigenvalue weighted by molar-refractivity contribution is 0.853. The minimum absolute atomic E-state index is 1.02. The smallest absolute Gasteiger partial charge is 0.00669 e. The van der Waals surface area contributed by atoms with Gasteiger partial charge in [0.25, 0.3) is 0 Å². The first kappa shape index (κ1) is 20.7. The van der Waals surface area contributed by atoms with Gasteiger partial charge < -0.3 is 0 Å². The predicted molar refractivity (Wildman–Crippen MR) is 103 cm³/mol. The van der Waals surface area contributed by atoms with Crippen LogP contribution in [-0.4, -0.2) is 0 Å². The molecule has 0 heterocycles. The minimum atomic E-state index is 1.02. The van der Waals surface area contributed by atoms with E-state index in [4.69, 9.17) is 0 Å². The second-order valence-electron chi connectivity index (χ2n) is 5.81. The van der Waals surface area contributed by atoms with Crippen LogP contribution in [0.5, 0.6) is 0 Å². The largest absolute Gasteiger partial charge is 0.0995 e. The molecule has 22 heavy (non-hydrogen) atoms. The van der Waals surface area contributed by atoms with Crippen molar-refractivity contribution >= 4 is 0 Å². The summed E-state index contributed by atoms with van der Waals surface area (Å²) >= 11 is 0. The molecule has 0 spiro atoms. The summed E-state index contributed by atoms with van der Waals surface area (Å²) in [6.45, 7) is 19.1. The SMILES string of the molecule is C=C(CCC)Cc1ccc(CC)cc1CC(=C)CCC.CC. The van der Waals surface area contributed by atoms with Crippen LogP contribution >= 0.6 is 0 Å². The number of hydrogen-bond acceptors (Lipinski definition) is 0. The quantitative estimate of drug-likeness (QED) is 0.428. The lowest BCUT2D eigenvalue weighted by atomic mass is 9.91. The van der Waals surface area contributed by atoms with E-state index in [-0.39, 0.29) is 0 Å². The van der Waals surface area contributed by atoms with Crippen molar-refractivity contribution in [3.63, 3.8) is 0 Å². The first-order chi connectivity index (χ1) is 10.6. The van der Waals surface area contributed by atoms with Crippen LogP contribution in [0.25, 0.3) is 0 Å². The fourth-order valence-electron chi connectivity index (χ4n) is 2.66. The molecule has 0 radical (unpaired) electrons. The molecule has 0 aliphatic rings. The monoisotopic (exact) mass is 300 g/mol. The first-order valence-electron chi connectivity index (χ1n) is 9.04. The lowest BCUT2D eigenvalue weighted by Crippen LogP contribution is -2.00. The molecule has 0 nitrogen and oxygen atoms in total. The van der Waals surface area contributed by atoms with Crippen LogP contribution in [-0.2, 0) is 19.3 Å². The van der Waals surface area contributed by atoms with Gasteiger partial charge in [0, 0.05) is 0 Å². The Morgan fingerprint density at radius 3 is 1.77 bits per heavy atom. The highest BCUT2D eigenvalue weighted by Gasteiger charge is 2.07. The standard InChI is InChI=1S/C20H30.C2H6/c1-6-9-16(4)13-19-12-11-18(8-3)15-20(19)14-17(5)10-7-2;1-2/h11-12,15H,4-10,13-14H2,1-3H3;1-2H3. The van der Waals surface area contributed by atoms with Gasteiger partial charge in [0.2, 0.25) is 0 Å². The van der Waals surface area contributed by atoms with Crippen LogP contribution in [0.3, 0.4) is 0 Å². The summed E-state index contributed by atoms with van der Waals surface area (Å²) in [7, 11) is 0. The van der Waals surface area contributed by atoms with E-state index in [0.717, 1.165) is 32.1 Å². The molecule has 0 heteroatoms. The van der Waals surface area contributed by atoms with Crippen molar-refractivity contribution in [1.29, 1.82) is 0 Å². The fraction of sp³-hybridized carbons (Fsp3) is 0.545. The van der Waals surface area contributed by atoms with Crippen LogP contribution in [0.2, 0.25) is 0 Å². The molecule has 0 saturated heterocycles. The van der Waals surface area contributed by atoms with Gasteiger partial charge in [-0.2, -0.15) is 0 Å². The molecule has 1 aromatic rings. The summed E-state index contributed by atoms with van der Waals surface area (Å²) in [5.41, 5.74) is 7.02. The molecule has 1 rings (SSSR count). The Morgan fingerprint density at radius 1 is 0.818 bits per heavy atom. The second-order valence-corrected chi connectivity index (χ2v) is 5.81. The van der Waals surface area contributed by atoms with Crippen LogP contribution < -0.4 is 0 Å². The normalized spacial score (nSPS) is 9.86. The zero-order valence-corrected chi connectivity index (χ0v) is 15.6. The molecule has 0 aliphatic heterocycles. The number of rotatable bonds is 9. The molecular formula is C22H36. The van der Waals surface area contributed by atoms with Crippen LogP contribution in [0.4, 0.5) is 0 Å². The summed E-state index contributed by atoms with van der Waals surface area (Å²) in [4.78, 5) is 0. The zero-order valence-electron chi connectivity index (χ0n) is 15.6. The Labute approximate surface area is 139 Å². The van der Waals surface area contributed by atoms with E-state index in [1.165, 1.54) is 40.7 Å². The Morgan fingerprint density at radius 2 is 1.32 bits per heavy atom. The third kappa shape index (κ3) is 7.64. The number of hydrogen-bond donors (Lipinski definition) is 0. The molecule has 0 saturated carbocycles. The van der Waals surface area contributed by atoms with Crippen molar-refractivity contribution in [2.75, 3.05) is 0 Å². The minimum Gasteiger partial charge on any atom is -0.0995 e. The third-order valence-electron chi connectivity index (χ3n) is 3.77. The third-order valence-corrected chi connectivity index (χ3v) is 3.77. The molecule has 124 valence electrons. The average molecular weight is 301 g/mol. The van der Waals surface area contributed by atoms with E-state index >= 15 is 0 Å². The second kappa shape index (κ2) is 12.3. The maximum absolute atomic E-state index is 4.23. The van der Waals surface area contributed by atoms with Crippen molar-refractivity contribution in [1.82, 2.24) is 0 Å². The van der Waals surface area contributed by atoms with Gasteiger partial charge in [0.05, 0.1) is 0 Å². The molecule has 0 aliphatic carbocycles. The summed E-state index contributed by atoms with van der Waals surface area (Å²) in [5, 5.41) is 0. The van der Waals surface area contributed by atoms with Crippen LogP contribution in [0.1, 0.15) is 77.0 Å². The highest BCUT2D eigenvalue weighted by molar-refractivity contribution is 5.37. The first-order valence-corrected chi connectivity index (χ1v) is 9.04. The van der Waals surface area contributed by atoms with Gasteiger partial charge in [0.15, 0.2) is 0 Å².